The molecule has 7 nitrogen and oxygen atoms in total. The minimum Gasteiger partial charge on any atom is -0.464 e. The second kappa shape index (κ2) is 5.12. The van der Waals surface area contributed by atoms with E-state index in [-0.39, 0.29) is 12.5 Å². The molecule has 0 radical (unpaired) electrons. The summed E-state index contributed by atoms with van der Waals surface area (Å²) in [4.78, 5) is 26.0. The zero-order valence-electron chi connectivity index (χ0n) is 12.1. The van der Waals surface area contributed by atoms with E-state index in [0.29, 0.717) is 5.75 Å². The molecule has 3 rings (SSSR count). The van der Waals surface area contributed by atoms with Crippen LogP contribution in [0.3, 0.4) is 0 Å². The fourth-order valence-electron chi connectivity index (χ4n) is 3.03. The number of ether oxygens (including phenoxy) is 3. The molecule has 21 heavy (non-hydrogen) atoms. The van der Waals surface area contributed by atoms with Crippen LogP contribution in [0.25, 0.3) is 0 Å². The van der Waals surface area contributed by atoms with E-state index >= 15 is 0 Å². The summed E-state index contributed by atoms with van der Waals surface area (Å²) in [6.07, 6.45) is -2.46. The van der Waals surface area contributed by atoms with Gasteiger partial charge in [0.1, 0.15) is 23.6 Å². The lowest BCUT2D eigenvalue weighted by Gasteiger charge is -2.39. The van der Waals surface area contributed by atoms with Crippen molar-refractivity contribution in [3.8, 4) is 0 Å². The Kier molecular flexibility index (Phi) is 3.67. The molecule has 0 aliphatic carbocycles. The SMILES string of the molecule is CCOC(=O)[C@@H]1CS[C@H]2[C@@H](O)[C@@H]3OC(C)(C)O[C@@H]3C(=O)N12. The molecule has 3 saturated heterocycles. The number of carbonyl (C=O) groups is 2. The Labute approximate surface area is 126 Å². The number of piperidine rings is 1. The molecule has 0 aromatic rings. The van der Waals surface area contributed by atoms with Gasteiger partial charge in [0.2, 0.25) is 0 Å². The van der Waals surface area contributed by atoms with Gasteiger partial charge in [-0.2, -0.15) is 0 Å². The van der Waals surface area contributed by atoms with Crippen molar-refractivity contribution in [2.45, 2.75) is 56.3 Å². The summed E-state index contributed by atoms with van der Waals surface area (Å²) in [5.74, 6) is -1.26. The quantitative estimate of drug-likeness (QED) is 0.701. The molecule has 3 aliphatic heterocycles. The minimum atomic E-state index is -0.921. The van der Waals surface area contributed by atoms with Crippen molar-refractivity contribution in [1.82, 2.24) is 4.90 Å². The Morgan fingerprint density at radius 2 is 2.24 bits per heavy atom. The molecule has 0 spiro atoms. The van der Waals surface area contributed by atoms with Crippen molar-refractivity contribution in [3.63, 3.8) is 0 Å². The van der Waals surface area contributed by atoms with Crippen molar-refractivity contribution in [2.75, 3.05) is 12.4 Å². The standard InChI is InChI=1S/C13H19NO6S/c1-4-18-12(17)6-5-21-11-7(15)8-9(10(16)14(6)11)20-13(2,3)19-8/h6-9,11,15H,4-5H2,1-3H3/t6-,7-,8-,9-,11-/m0/s1. The highest BCUT2D eigenvalue weighted by Crippen LogP contribution is 2.43. The average molecular weight is 317 g/mol. The van der Waals surface area contributed by atoms with Crippen molar-refractivity contribution >= 4 is 23.6 Å². The normalized spacial score (nSPS) is 40.9. The number of thioether (sulfide) groups is 1. The smallest absolute Gasteiger partial charge is 0.329 e. The van der Waals surface area contributed by atoms with Crippen molar-refractivity contribution in [2.24, 2.45) is 0 Å². The summed E-state index contributed by atoms with van der Waals surface area (Å²) in [5, 5.41) is 9.96. The molecule has 3 fully saturated rings. The first-order chi connectivity index (χ1) is 9.85. The number of aliphatic hydroxyl groups is 1. The van der Waals surface area contributed by atoms with Crippen LogP contribution >= 0.6 is 11.8 Å². The van der Waals surface area contributed by atoms with Gasteiger partial charge in [0.25, 0.3) is 5.91 Å². The van der Waals surface area contributed by atoms with Gasteiger partial charge in [0.05, 0.1) is 6.61 Å². The maximum atomic E-state index is 12.6. The van der Waals surface area contributed by atoms with Crippen LogP contribution in [0.4, 0.5) is 0 Å². The van der Waals surface area contributed by atoms with Crippen LogP contribution in [0.1, 0.15) is 20.8 Å². The van der Waals surface area contributed by atoms with Gasteiger partial charge in [-0.25, -0.2) is 4.79 Å². The molecule has 1 N–H and O–H groups in total. The van der Waals surface area contributed by atoms with E-state index in [2.05, 4.69) is 0 Å². The molecule has 0 aromatic heterocycles. The highest BCUT2D eigenvalue weighted by Gasteiger charge is 2.61. The van der Waals surface area contributed by atoms with Crippen LogP contribution in [0.15, 0.2) is 0 Å². The fourth-order valence-corrected chi connectivity index (χ4v) is 4.47. The van der Waals surface area contributed by atoms with Gasteiger partial charge in [-0.15, -0.1) is 11.8 Å². The summed E-state index contributed by atoms with van der Waals surface area (Å²) in [6.45, 7) is 5.38. The van der Waals surface area contributed by atoms with Crippen LogP contribution in [0.5, 0.6) is 0 Å². The number of rotatable bonds is 2. The van der Waals surface area contributed by atoms with E-state index in [1.165, 1.54) is 16.7 Å². The van der Waals surface area contributed by atoms with Gasteiger partial charge < -0.3 is 24.2 Å². The van der Waals surface area contributed by atoms with E-state index in [1.807, 2.05) is 0 Å². The van der Waals surface area contributed by atoms with E-state index in [0.717, 1.165) is 0 Å². The van der Waals surface area contributed by atoms with Crippen molar-refractivity contribution in [3.05, 3.63) is 0 Å². The third kappa shape index (κ3) is 2.34. The summed E-state index contributed by atoms with van der Waals surface area (Å²) >= 11 is 1.37. The van der Waals surface area contributed by atoms with Crippen LogP contribution in [0.2, 0.25) is 0 Å². The lowest BCUT2D eigenvalue weighted by atomic mass is 9.99. The Morgan fingerprint density at radius 1 is 1.52 bits per heavy atom. The van der Waals surface area contributed by atoms with Crippen LogP contribution in [-0.2, 0) is 23.8 Å². The zero-order chi connectivity index (χ0) is 15.4. The maximum Gasteiger partial charge on any atom is 0.329 e. The topological polar surface area (TPSA) is 85.3 Å². The lowest BCUT2D eigenvalue weighted by molar-refractivity contribution is -0.166. The first-order valence-electron chi connectivity index (χ1n) is 7.00. The molecule has 1 amide bonds. The third-order valence-electron chi connectivity index (χ3n) is 3.85. The van der Waals surface area contributed by atoms with Gasteiger partial charge in [-0.05, 0) is 20.8 Å². The predicted molar refractivity (Wildman–Crippen MR) is 73.3 cm³/mol. The van der Waals surface area contributed by atoms with Crippen molar-refractivity contribution in [1.29, 1.82) is 0 Å². The molecule has 118 valence electrons. The first-order valence-corrected chi connectivity index (χ1v) is 8.04. The van der Waals surface area contributed by atoms with Crippen LogP contribution in [-0.4, -0.2) is 69.8 Å². The number of hydrogen-bond donors (Lipinski definition) is 1. The Bertz CT molecular complexity index is 470. The Hall–Kier alpha value is -0.830. The molecular formula is C13H19NO6S. The molecule has 3 heterocycles. The highest BCUT2D eigenvalue weighted by molar-refractivity contribution is 8.00. The molecule has 0 saturated carbocycles. The molecular weight excluding hydrogens is 298 g/mol. The largest absolute Gasteiger partial charge is 0.464 e. The molecule has 0 bridgehead atoms. The predicted octanol–water partition coefficient (Wildman–Crippen LogP) is -0.286. The molecule has 8 heteroatoms. The number of amides is 1. The van der Waals surface area contributed by atoms with Gasteiger partial charge >= 0.3 is 5.97 Å². The summed E-state index contributed by atoms with van der Waals surface area (Å²) in [5.41, 5.74) is 0. The summed E-state index contributed by atoms with van der Waals surface area (Å²) in [6, 6.07) is -0.671. The first kappa shape index (κ1) is 15.1. The van der Waals surface area contributed by atoms with Crippen LogP contribution in [0, 0.1) is 0 Å². The van der Waals surface area contributed by atoms with Gasteiger partial charge in [0.15, 0.2) is 11.9 Å². The lowest BCUT2D eigenvalue weighted by Crippen LogP contribution is -2.63. The maximum absolute atomic E-state index is 12.6. The molecule has 3 aliphatic rings. The zero-order valence-corrected chi connectivity index (χ0v) is 13.0. The van der Waals surface area contributed by atoms with Crippen molar-refractivity contribution < 1.29 is 28.9 Å². The van der Waals surface area contributed by atoms with Gasteiger partial charge in [-0.3, -0.25) is 4.79 Å². The minimum absolute atomic E-state index is 0.258. The Morgan fingerprint density at radius 3 is 2.90 bits per heavy atom. The highest BCUT2D eigenvalue weighted by atomic mass is 32.2. The summed E-state index contributed by atoms with van der Waals surface area (Å²) in [7, 11) is 0. The molecule has 0 aromatic carbocycles. The van der Waals surface area contributed by atoms with Crippen LogP contribution < -0.4 is 0 Å². The monoisotopic (exact) mass is 317 g/mol. The number of aliphatic hydroxyl groups excluding tert-OH is 1. The van der Waals surface area contributed by atoms with E-state index in [1.54, 1.807) is 20.8 Å². The Balaban J connectivity index is 1.86. The number of hydrogen-bond acceptors (Lipinski definition) is 7. The number of nitrogens with zero attached hydrogens (tertiary/aromatic N) is 1. The van der Waals surface area contributed by atoms with E-state index in [4.69, 9.17) is 14.2 Å². The van der Waals surface area contributed by atoms with E-state index < -0.39 is 41.5 Å². The van der Waals surface area contributed by atoms with Gasteiger partial charge in [-0.1, -0.05) is 0 Å². The molecule has 5 atom stereocenters. The number of esters is 1. The third-order valence-corrected chi connectivity index (χ3v) is 5.20. The number of fused-ring (bicyclic) bond motifs is 2. The van der Waals surface area contributed by atoms with Gasteiger partial charge in [0, 0.05) is 5.75 Å². The second-order valence-electron chi connectivity index (χ2n) is 5.75. The summed E-state index contributed by atoms with van der Waals surface area (Å²) < 4.78 is 16.2. The molecule has 0 unspecified atom stereocenters. The fraction of sp³-hybridized carbons (Fsp3) is 0.846. The second-order valence-corrected chi connectivity index (χ2v) is 6.90. The van der Waals surface area contributed by atoms with E-state index in [9.17, 15) is 14.7 Å². The number of carbonyl (C=O) groups excluding carboxylic acids is 2. The average Bonchev–Trinajstić information content (AvgIpc) is 2.97.